The third-order valence-corrected chi connectivity index (χ3v) is 6.65. The maximum Gasteiger partial charge on any atom is 0.261 e. The number of phenolic OH excluding ortho intramolecular Hbond substituents is 1. The minimum absolute atomic E-state index is 0.0415. The summed E-state index contributed by atoms with van der Waals surface area (Å²) >= 11 is 0. The molecule has 178 valence electrons. The molecule has 11 nitrogen and oxygen atoms in total. The van der Waals surface area contributed by atoms with Gasteiger partial charge in [-0.15, -0.1) is 0 Å². The van der Waals surface area contributed by atoms with E-state index in [1.807, 2.05) is 0 Å². The highest BCUT2D eigenvalue weighted by molar-refractivity contribution is 6.32. The number of hydrogen-bond acceptors (Lipinski definition) is 10. The lowest BCUT2D eigenvalue weighted by molar-refractivity contribution is -0.226. The molecular formula is C23H21NO10. The molecule has 6 rings (SSSR count). The number of phenols is 1. The topological polar surface area (TPSA) is 158 Å². The lowest BCUT2D eigenvalue weighted by Gasteiger charge is -2.43. The molecule has 0 unspecified atom stereocenters. The maximum absolute atomic E-state index is 13.7. The molecular weight excluding hydrogens is 450 g/mol. The average Bonchev–Trinajstić information content (AvgIpc) is 3.41. The first-order chi connectivity index (χ1) is 16.3. The van der Waals surface area contributed by atoms with E-state index in [1.54, 1.807) is 6.07 Å². The van der Waals surface area contributed by atoms with Gasteiger partial charge in [-0.25, -0.2) is 0 Å². The maximum atomic E-state index is 13.7. The van der Waals surface area contributed by atoms with Crippen LogP contribution in [-0.2, 0) is 4.74 Å². The van der Waals surface area contributed by atoms with Gasteiger partial charge in [0.15, 0.2) is 17.7 Å². The van der Waals surface area contributed by atoms with Crippen molar-refractivity contribution in [1.82, 2.24) is 0 Å². The summed E-state index contributed by atoms with van der Waals surface area (Å²) in [6, 6.07) is 6.15. The lowest BCUT2D eigenvalue weighted by Crippen LogP contribution is -2.63. The van der Waals surface area contributed by atoms with Crippen LogP contribution in [0.15, 0.2) is 24.3 Å². The van der Waals surface area contributed by atoms with Crippen molar-refractivity contribution in [2.45, 2.75) is 30.6 Å². The molecule has 1 saturated heterocycles. The number of methoxy groups -OCH3 is 1. The molecule has 0 aliphatic carbocycles. The molecule has 5 atom stereocenters. The summed E-state index contributed by atoms with van der Waals surface area (Å²) in [6.45, 7) is -0.674. The Bertz CT molecular complexity index is 1360. The number of aliphatic hydroxyl groups is 4. The Morgan fingerprint density at radius 3 is 2.56 bits per heavy atom. The Morgan fingerprint density at radius 1 is 1.03 bits per heavy atom. The number of rotatable bonds is 3. The van der Waals surface area contributed by atoms with Gasteiger partial charge in [-0.1, -0.05) is 0 Å². The molecule has 5 N–H and O–H groups in total. The summed E-state index contributed by atoms with van der Waals surface area (Å²) in [7, 11) is 1.44. The van der Waals surface area contributed by atoms with E-state index >= 15 is 0 Å². The van der Waals surface area contributed by atoms with E-state index in [-0.39, 0.29) is 18.1 Å². The Balaban J connectivity index is 1.65. The number of anilines is 1. The summed E-state index contributed by atoms with van der Waals surface area (Å²) < 4.78 is 22.4. The van der Waals surface area contributed by atoms with Gasteiger partial charge in [-0.3, -0.25) is 9.69 Å². The molecule has 1 fully saturated rings. The van der Waals surface area contributed by atoms with Crippen LogP contribution in [0.3, 0.4) is 0 Å². The van der Waals surface area contributed by atoms with Crippen molar-refractivity contribution in [1.29, 1.82) is 0 Å². The van der Waals surface area contributed by atoms with Crippen LogP contribution in [0, 0.1) is 0 Å². The molecule has 0 aromatic heterocycles. The van der Waals surface area contributed by atoms with Crippen molar-refractivity contribution in [3.8, 4) is 23.0 Å². The Kier molecular flexibility index (Phi) is 4.57. The Morgan fingerprint density at radius 2 is 1.82 bits per heavy atom. The lowest BCUT2D eigenvalue weighted by atomic mass is 9.96. The van der Waals surface area contributed by atoms with E-state index in [9.17, 15) is 30.3 Å². The zero-order chi connectivity index (χ0) is 23.9. The molecule has 3 aromatic rings. The largest absolute Gasteiger partial charge is 0.508 e. The van der Waals surface area contributed by atoms with Crippen LogP contribution >= 0.6 is 0 Å². The number of carbonyl (C=O) groups excluding carboxylic acids is 1. The predicted octanol–water partition coefficient (Wildman–Crippen LogP) is 0.196. The molecule has 3 aliphatic heterocycles. The molecule has 1 amide bonds. The van der Waals surface area contributed by atoms with Gasteiger partial charge < -0.3 is 44.5 Å². The molecule has 11 heteroatoms. The minimum atomic E-state index is -1.66. The van der Waals surface area contributed by atoms with Gasteiger partial charge >= 0.3 is 0 Å². The molecule has 3 aromatic carbocycles. The Hall–Kier alpha value is -3.35. The quantitative estimate of drug-likeness (QED) is 0.334. The van der Waals surface area contributed by atoms with Gasteiger partial charge in [0.25, 0.3) is 5.91 Å². The van der Waals surface area contributed by atoms with E-state index in [0.29, 0.717) is 44.5 Å². The Labute approximate surface area is 191 Å². The summed E-state index contributed by atoms with van der Waals surface area (Å²) in [4.78, 5) is 14.8. The van der Waals surface area contributed by atoms with E-state index in [1.165, 1.54) is 30.2 Å². The normalized spacial score (nSPS) is 27.7. The highest BCUT2D eigenvalue weighted by Gasteiger charge is 2.50. The van der Waals surface area contributed by atoms with E-state index < -0.39 is 43.2 Å². The van der Waals surface area contributed by atoms with Crippen molar-refractivity contribution in [2.75, 3.05) is 25.4 Å². The highest BCUT2D eigenvalue weighted by Crippen LogP contribution is 2.53. The standard InChI is InChI=1S/C23H21NO10/c1-31-13-3-8(26)2-10-9(13)4-12-16-11(5-14-21(17(10)16)33-7-32-14)22(30)24(12)23-20(29)19(28)18(27)15(6-25)34-23/h2-5,15,18-20,23,25-29H,6-7H2,1H3/t15-,18-,19+,20-,23-/m1/s1. The molecule has 0 radical (unpaired) electrons. The van der Waals surface area contributed by atoms with Gasteiger partial charge in [0, 0.05) is 27.6 Å². The number of ether oxygens (including phenoxy) is 4. The molecule has 3 heterocycles. The zero-order valence-corrected chi connectivity index (χ0v) is 17.8. The van der Waals surface area contributed by atoms with Crippen LogP contribution < -0.4 is 19.1 Å². The van der Waals surface area contributed by atoms with E-state index in [4.69, 9.17) is 18.9 Å². The van der Waals surface area contributed by atoms with Crippen LogP contribution in [-0.4, -0.2) is 82.6 Å². The summed E-state index contributed by atoms with van der Waals surface area (Å²) in [6.07, 6.45) is -7.49. The third-order valence-electron chi connectivity index (χ3n) is 6.65. The fourth-order valence-corrected chi connectivity index (χ4v) is 5.06. The van der Waals surface area contributed by atoms with Gasteiger partial charge in [0.05, 0.1) is 25.0 Å². The second-order valence-corrected chi connectivity index (χ2v) is 8.44. The fourth-order valence-electron chi connectivity index (χ4n) is 5.06. The zero-order valence-electron chi connectivity index (χ0n) is 17.8. The molecule has 0 spiro atoms. The third kappa shape index (κ3) is 2.67. The van der Waals surface area contributed by atoms with Crippen LogP contribution in [0.25, 0.3) is 21.5 Å². The average molecular weight is 471 g/mol. The summed E-state index contributed by atoms with van der Waals surface area (Å²) in [5, 5.41) is 53.2. The number of aromatic hydroxyl groups is 1. The van der Waals surface area contributed by atoms with E-state index in [2.05, 4.69) is 0 Å². The SMILES string of the molecule is COc1cc(O)cc2c1cc1c3c(cc4c(c32)OCO4)C(=O)N1[C@@H]1O[C@H](CO)[C@@H](O)[C@H](O)[C@H]1O. The van der Waals surface area contributed by atoms with E-state index in [0.717, 1.165) is 0 Å². The van der Waals surface area contributed by atoms with Gasteiger partial charge in [0.2, 0.25) is 6.79 Å². The van der Waals surface area contributed by atoms with Crippen molar-refractivity contribution in [2.24, 2.45) is 0 Å². The minimum Gasteiger partial charge on any atom is -0.508 e. The first kappa shape index (κ1) is 21.2. The van der Waals surface area contributed by atoms with Crippen LogP contribution in [0.5, 0.6) is 23.0 Å². The summed E-state index contributed by atoms with van der Waals surface area (Å²) in [5.41, 5.74) is 0.588. The van der Waals surface area contributed by atoms with Gasteiger partial charge in [0.1, 0.15) is 35.9 Å². The van der Waals surface area contributed by atoms with Crippen LogP contribution in [0.2, 0.25) is 0 Å². The van der Waals surface area contributed by atoms with Gasteiger partial charge in [-0.05, 0) is 18.2 Å². The van der Waals surface area contributed by atoms with Gasteiger partial charge in [-0.2, -0.15) is 0 Å². The monoisotopic (exact) mass is 471 g/mol. The molecule has 34 heavy (non-hydrogen) atoms. The van der Waals surface area contributed by atoms with Crippen molar-refractivity contribution in [3.63, 3.8) is 0 Å². The van der Waals surface area contributed by atoms with Crippen LogP contribution in [0.4, 0.5) is 5.69 Å². The first-order valence-corrected chi connectivity index (χ1v) is 10.6. The first-order valence-electron chi connectivity index (χ1n) is 10.6. The summed E-state index contributed by atoms with van der Waals surface area (Å²) in [5.74, 6) is 0.474. The molecule has 0 bridgehead atoms. The second kappa shape index (κ2) is 7.32. The number of fused-ring (bicyclic) bond motifs is 4. The van der Waals surface area contributed by atoms with Crippen molar-refractivity contribution in [3.05, 3.63) is 29.8 Å². The second-order valence-electron chi connectivity index (χ2n) is 8.44. The smallest absolute Gasteiger partial charge is 0.261 e. The molecule has 3 aliphatic rings. The highest BCUT2D eigenvalue weighted by atomic mass is 16.7. The number of carbonyl (C=O) groups is 1. The number of nitrogens with zero attached hydrogens (tertiary/aromatic N) is 1. The number of amides is 1. The number of benzene rings is 3. The van der Waals surface area contributed by atoms with Crippen LogP contribution in [0.1, 0.15) is 10.4 Å². The number of hydrogen-bond donors (Lipinski definition) is 5. The number of aliphatic hydroxyl groups excluding tert-OH is 4. The van der Waals surface area contributed by atoms with Crippen molar-refractivity contribution < 1.29 is 49.3 Å². The fraction of sp³-hybridized carbons (Fsp3) is 0.348. The van der Waals surface area contributed by atoms with Crippen molar-refractivity contribution >= 4 is 33.1 Å². The predicted molar refractivity (Wildman–Crippen MR) is 116 cm³/mol. The molecule has 0 saturated carbocycles.